The van der Waals surface area contributed by atoms with Gasteiger partial charge in [-0.3, -0.25) is 0 Å². The first kappa shape index (κ1) is 12.3. The number of nitrogens with two attached hydrogens (primary N) is 1. The summed E-state index contributed by atoms with van der Waals surface area (Å²) >= 11 is 0. The zero-order chi connectivity index (χ0) is 12.3. The topological polar surface area (TPSA) is 63.8 Å². The van der Waals surface area contributed by atoms with Crippen LogP contribution in [0.1, 0.15) is 38.9 Å². The highest BCUT2D eigenvalue weighted by Crippen LogP contribution is 2.41. The molecule has 1 aliphatic carbocycles. The first-order chi connectivity index (χ1) is 8.08. The molecule has 17 heavy (non-hydrogen) atoms. The van der Waals surface area contributed by atoms with Gasteiger partial charge in [0.2, 0.25) is 0 Å². The van der Waals surface area contributed by atoms with Gasteiger partial charge in [0.05, 0.1) is 6.54 Å². The van der Waals surface area contributed by atoms with Crippen LogP contribution >= 0.6 is 0 Å². The number of nitrogens with zero attached hydrogens (tertiary/aromatic N) is 2. The minimum absolute atomic E-state index is 0.374. The van der Waals surface area contributed by atoms with Gasteiger partial charge in [-0.25, -0.2) is 9.97 Å². The van der Waals surface area contributed by atoms with E-state index in [4.69, 9.17) is 5.73 Å². The third kappa shape index (κ3) is 3.16. The average Bonchev–Trinajstić information content (AvgIpc) is 2.13. The molecule has 94 valence electrons. The van der Waals surface area contributed by atoms with Gasteiger partial charge in [-0.15, -0.1) is 0 Å². The Hall–Kier alpha value is -1.16. The second-order valence-electron chi connectivity index (χ2n) is 5.62. The van der Waals surface area contributed by atoms with E-state index in [0.717, 1.165) is 18.3 Å². The molecule has 0 aromatic carbocycles. The van der Waals surface area contributed by atoms with Crippen molar-refractivity contribution in [3.63, 3.8) is 0 Å². The number of hydrogen-bond donors (Lipinski definition) is 2. The summed E-state index contributed by atoms with van der Waals surface area (Å²) in [6, 6.07) is 1.71. The van der Waals surface area contributed by atoms with E-state index >= 15 is 0 Å². The summed E-state index contributed by atoms with van der Waals surface area (Å²) in [4.78, 5) is 8.36. The molecule has 0 saturated heterocycles. The van der Waals surface area contributed by atoms with Crippen molar-refractivity contribution in [1.29, 1.82) is 0 Å². The molecule has 1 heterocycles. The van der Waals surface area contributed by atoms with Crippen LogP contribution in [0, 0.1) is 11.3 Å². The molecule has 0 unspecified atom stereocenters. The molecule has 0 atom stereocenters. The van der Waals surface area contributed by atoms with Gasteiger partial charge in [0.15, 0.2) is 0 Å². The lowest BCUT2D eigenvalue weighted by Crippen LogP contribution is -2.38. The fraction of sp³-hybridized carbons (Fsp3) is 0.692. The lowest BCUT2D eigenvalue weighted by Gasteiger charge is -2.40. The number of rotatable bonds is 5. The Labute approximate surface area is 103 Å². The lowest BCUT2D eigenvalue weighted by atomic mass is 9.67. The third-order valence-electron chi connectivity index (χ3n) is 3.80. The van der Waals surface area contributed by atoms with Crippen molar-refractivity contribution < 1.29 is 0 Å². The van der Waals surface area contributed by atoms with Gasteiger partial charge in [0.25, 0.3) is 0 Å². The first-order valence-electron chi connectivity index (χ1n) is 6.36. The van der Waals surface area contributed by atoms with Crippen LogP contribution in [0.2, 0.25) is 0 Å². The maximum atomic E-state index is 5.62. The number of anilines is 1. The third-order valence-corrected chi connectivity index (χ3v) is 3.80. The highest BCUT2D eigenvalue weighted by molar-refractivity contribution is 5.24. The molecule has 4 nitrogen and oxygen atoms in total. The van der Waals surface area contributed by atoms with Crippen LogP contribution in [0.15, 0.2) is 12.3 Å². The normalized spacial score (nSPS) is 16.8. The van der Waals surface area contributed by atoms with Crippen LogP contribution in [-0.4, -0.2) is 16.5 Å². The number of nitrogen functional groups attached to an aromatic ring is 1. The van der Waals surface area contributed by atoms with Gasteiger partial charge in [0.1, 0.15) is 11.6 Å². The van der Waals surface area contributed by atoms with Crippen LogP contribution in [0.25, 0.3) is 0 Å². The number of aromatic nitrogens is 2. The summed E-state index contributed by atoms with van der Waals surface area (Å²) in [7, 11) is 0. The monoisotopic (exact) mass is 234 g/mol. The molecule has 1 aliphatic rings. The molecule has 0 spiro atoms. The standard InChI is InChI=1S/C13H22N4/c1-13(2,10-4-3-5-10)9-15-8-12-16-7-6-11(14)17-12/h6-7,10,15H,3-5,8-9H2,1-2H3,(H2,14,16,17). The molecule has 4 heteroatoms. The molecule has 1 aromatic rings. The summed E-state index contributed by atoms with van der Waals surface area (Å²) < 4.78 is 0. The second-order valence-corrected chi connectivity index (χ2v) is 5.62. The highest BCUT2D eigenvalue weighted by atomic mass is 15.0. The Morgan fingerprint density at radius 1 is 1.47 bits per heavy atom. The summed E-state index contributed by atoms with van der Waals surface area (Å²) in [5.74, 6) is 2.18. The van der Waals surface area contributed by atoms with Crippen molar-refractivity contribution >= 4 is 5.82 Å². The average molecular weight is 234 g/mol. The Morgan fingerprint density at radius 2 is 2.24 bits per heavy atom. The predicted octanol–water partition coefficient (Wildman–Crippen LogP) is 1.97. The first-order valence-corrected chi connectivity index (χ1v) is 6.36. The summed E-state index contributed by atoms with van der Waals surface area (Å²) in [5, 5.41) is 3.44. The second kappa shape index (κ2) is 5.00. The van der Waals surface area contributed by atoms with Crippen molar-refractivity contribution in [2.45, 2.75) is 39.7 Å². The fourth-order valence-electron chi connectivity index (χ4n) is 2.33. The number of hydrogen-bond acceptors (Lipinski definition) is 4. The Balaban J connectivity index is 1.79. The molecular formula is C13H22N4. The quantitative estimate of drug-likeness (QED) is 0.817. The summed E-state index contributed by atoms with van der Waals surface area (Å²) in [6.07, 6.45) is 5.86. The van der Waals surface area contributed by atoms with Crippen molar-refractivity contribution in [1.82, 2.24) is 15.3 Å². The van der Waals surface area contributed by atoms with Crippen LogP contribution in [0.5, 0.6) is 0 Å². The Morgan fingerprint density at radius 3 is 2.82 bits per heavy atom. The minimum atomic E-state index is 0.374. The predicted molar refractivity (Wildman–Crippen MR) is 69.3 cm³/mol. The van der Waals surface area contributed by atoms with Crippen LogP contribution in [0.3, 0.4) is 0 Å². The molecule has 0 radical (unpaired) electrons. The largest absolute Gasteiger partial charge is 0.384 e. The van der Waals surface area contributed by atoms with Gasteiger partial charge in [0, 0.05) is 12.7 Å². The molecule has 0 aliphatic heterocycles. The maximum absolute atomic E-state index is 5.62. The molecular weight excluding hydrogens is 212 g/mol. The fourth-order valence-corrected chi connectivity index (χ4v) is 2.33. The summed E-state index contributed by atoms with van der Waals surface area (Å²) in [5.41, 5.74) is 5.99. The van der Waals surface area contributed by atoms with Gasteiger partial charge >= 0.3 is 0 Å². The zero-order valence-corrected chi connectivity index (χ0v) is 10.7. The van der Waals surface area contributed by atoms with E-state index in [2.05, 4.69) is 29.1 Å². The van der Waals surface area contributed by atoms with E-state index in [1.165, 1.54) is 19.3 Å². The van der Waals surface area contributed by atoms with E-state index in [-0.39, 0.29) is 0 Å². The van der Waals surface area contributed by atoms with E-state index in [1.807, 2.05) is 0 Å². The molecule has 1 saturated carbocycles. The van der Waals surface area contributed by atoms with Crippen LogP contribution < -0.4 is 11.1 Å². The van der Waals surface area contributed by atoms with Gasteiger partial charge in [-0.2, -0.15) is 0 Å². The lowest BCUT2D eigenvalue weighted by molar-refractivity contribution is 0.118. The maximum Gasteiger partial charge on any atom is 0.144 e. The smallest absolute Gasteiger partial charge is 0.144 e. The molecule has 0 amide bonds. The molecule has 0 bridgehead atoms. The highest BCUT2D eigenvalue weighted by Gasteiger charge is 2.33. The zero-order valence-electron chi connectivity index (χ0n) is 10.7. The van der Waals surface area contributed by atoms with Crippen LogP contribution in [0.4, 0.5) is 5.82 Å². The van der Waals surface area contributed by atoms with E-state index < -0.39 is 0 Å². The molecule has 3 N–H and O–H groups in total. The number of nitrogens with one attached hydrogen (secondary N) is 1. The SMILES string of the molecule is CC(C)(CNCc1nccc(N)n1)C1CCC1. The Bertz CT molecular complexity index is 371. The Kier molecular flexibility index (Phi) is 3.62. The van der Waals surface area contributed by atoms with Crippen molar-refractivity contribution in [2.24, 2.45) is 11.3 Å². The molecule has 1 aromatic heterocycles. The van der Waals surface area contributed by atoms with Crippen molar-refractivity contribution in [3.8, 4) is 0 Å². The molecule has 2 rings (SSSR count). The van der Waals surface area contributed by atoms with E-state index in [1.54, 1.807) is 12.3 Å². The van der Waals surface area contributed by atoms with Crippen molar-refractivity contribution in [2.75, 3.05) is 12.3 Å². The van der Waals surface area contributed by atoms with E-state index in [9.17, 15) is 0 Å². The molecule has 1 fully saturated rings. The van der Waals surface area contributed by atoms with Gasteiger partial charge in [-0.1, -0.05) is 20.3 Å². The van der Waals surface area contributed by atoms with E-state index in [0.29, 0.717) is 17.8 Å². The van der Waals surface area contributed by atoms with Crippen molar-refractivity contribution in [3.05, 3.63) is 18.1 Å². The van der Waals surface area contributed by atoms with Gasteiger partial charge < -0.3 is 11.1 Å². The minimum Gasteiger partial charge on any atom is -0.384 e. The van der Waals surface area contributed by atoms with Gasteiger partial charge in [-0.05, 0) is 30.2 Å². The summed E-state index contributed by atoms with van der Waals surface area (Å²) in [6.45, 7) is 6.38. The van der Waals surface area contributed by atoms with Crippen LogP contribution in [-0.2, 0) is 6.54 Å².